The van der Waals surface area contributed by atoms with Gasteiger partial charge in [0, 0.05) is 24.6 Å². The Morgan fingerprint density at radius 3 is 2.57 bits per heavy atom. The summed E-state index contributed by atoms with van der Waals surface area (Å²) in [5, 5.41) is 8.88. The van der Waals surface area contributed by atoms with E-state index in [2.05, 4.69) is 10.4 Å². The van der Waals surface area contributed by atoms with Crippen LogP contribution in [0.15, 0.2) is 53.6 Å². The van der Waals surface area contributed by atoms with Crippen LogP contribution in [-0.2, 0) is 9.59 Å². The Bertz CT molecular complexity index is 927. The van der Waals surface area contributed by atoms with E-state index in [-0.39, 0.29) is 18.1 Å². The molecule has 144 valence electrons. The largest absolute Gasteiger partial charge is 0.490 e. The van der Waals surface area contributed by atoms with E-state index in [1.54, 1.807) is 23.2 Å². The third-order valence-electron chi connectivity index (χ3n) is 4.67. The molecule has 2 aromatic rings. The maximum absolute atomic E-state index is 12.7. The van der Waals surface area contributed by atoms with Crippen LogP contribution in [0.25, 0.3) is 0 Å². The van der Waals surface area contributed by atoms with Crippen LogP contribution in [0.1, 0.15) is 19.8 Å². The molecule has 0 aromatic heterocycles. The Kier molecular flexibility index (Phi) is 4.97. The summed E-state index contributed by atoms with van der Waals surface area (Å²) in [6.45, 7) is 2.70. The Hall–Kier alpha value is -3.35. The molecular formula is C21H21N3O4. The van der Waals surface area contributed by atoms with Gasteiger partial charge in [-0.25, -0.2) is 0 Å². The standard InChI is InChI=1S/C21H21N3O4/c1-14(25)18-13-17(23-24(18)16-6-3-2-4-7-16)21(26)22-15-8-9-19-20(12-15)28-11-5-10-27-19/h2-4,6-9,12,18H,5,10-11,13H2,1H3,(H,22,26). The van der Waals surface area contributed by atoms with Crippen molar-refractivity contribution in [3.63, 3.8) is 0 Å². The summed E-state index contributed by atoms with van der Waals surface area (Å²) >= 11 is 0. The van der Waals surface area contributed by atoms with Gasteiger partial charge in [-0.2, -0.15) is 5.10 Å². The summed E-state index contributed by atoms with van der Waals surface area (Å²) in [6.07, 6.45) is 1.08. The molecule has 0 radical (unpaired) electrons. The van der Waals surface area contributed by atoms with Crippen molar-refractivity contribution in [1.29, 1.82) is 0 Å². The molecule has 0 aliphatic carbocycles. The number of carbonyl (C=O) groups excluding carboxylic acids is 2. The summed E-state index contributed by atoms with van der Waals surface area (Å²) in [5.74, 6) is 0.905. The minimum Gasteiger partial charge on any atom is -0.490 e. The van der Waals surface area contributed by atoms with Crippen molar-refractivity contribution < 1.29 is 19.1 Å². The topological polar surface area (TPSA) is 80.2 Å². The van der Waals surface area contributed by atoms with E-state index in [0.29, 0.717) is 36.1 Å². The van der Waals surface area contributed by atoms with Gasteiger partial charge in [-0.05, 0) is 31.2 Å². The molecule has 2 aliphatic rings. The van der Waals surface area contributed by atoms with E-state index in [1.807, 2.05) is 30.3 Å². The summed E-state index contributed by atoms with van der Waals surface area (Å²) in [5.41, 5.74) is 1.69. The zero-order chi connectivity index (χ0) is 19.5. The number of para-hydroxylation sites is 1. The number of anilines is 2. The van der Waals surface area contributed by atoms with E-state index in [9.17, 15) is 9.59 Å². The molecule has 7 nitrogen and oxygen atoms in total. The first kappa shape index (κ1) is 18.0. The van der Waals surface area contributed by atoms with Crippen LogP contribution in [0.2, 0.25) is 0 Å². The molecule has 7 heteroatoms. The number of benzene rings is 2. The van der Waals surface area contributed by atoms with Crippen LogP contribution >= 0.6 is 0 Å². The fourth-order valence-corrected chi connectivity index (χ4v) is 3.23. The lowest BCUT2D eigenvalue weighted by Crippen LogP contribution is -2.33. The monoisotopic (exact) mass is 379 g/mol. The number of Topliss-reactive ketones (excluding diaryl/α,β-unsaturated/α-hetero) is 1. The molecule has 0 saturated heterocycles. The molecule has 1 atom stereocenters. The lowest BCUT2D eigenvalue weighted by molar-refractivity contribution is -0.118. The van der Waals surface area contributed by atoms with Gasteiger partial charge in [-0.3, -0.25) is 14.6 Å². The van der Waals surface area contributed by atoms with Gasteiger partial charge in [0.1, 0.15) is 11.8 Å². The number of ether oxygens (including phenoxy) is 2. The molecule has 1 N–H and O–H groups in total. The third-order valence-corrected chi connectivity index (χ3v) is 4.67. The quantitative estimate of drug-likeness (QED) is 0.883. The summed E-state index contributed by atoms with van der Waals surface area (Å²) < 4.78 is 11.3. The highest BCUT2D eigenvalue weighted by molar-refractivity contribution is 6.44. The Labute approximate surface area is 162 Å². The number of fused-ring (bicyclic) bond motifs is 1. The zero-order valence-corrected chi connectivity index (χ0v) is 15.6. The van der Waals surface area contributed by atoms with E-state index >= 15 is 0 Å². The lowest BCUT2D eigenvalue weighted by Gasteiger charge is -2.20. The second-order valence-electron chi connectivity index (χ2n) is 6.72. The van der Waals surface area contributed by atoms with Gasteiger partial charge in [0.05, 0.1) is 18.9 Å². The van der Waals surface area contributed by atoms with Crippen molar-refractivity contribution in [1.82, 2.24) is 0 Å². The number of hydrazone groups is 1. The number of nitrogens with zero attached hydrogens (tertiary/aromatic N) is 2. The Morgan fingerprint density at radius 1 is 1.07 bits per heavy atom. The van der Waals surface area contributed by atoms with Crippen LogP contribution < -0.4 is 19.8 Å². The van der Waals surface area contributed by atoms with E-state index in [4.69, 9.17) is 9.47 Å². The molecule has 0 bridgehead atoms. The molecule has 1 unspecified atom stereocenters. The van der Waals surface area contributed by atoms with Crippen LogP contribution in [0.5, 0.6) is 11.5 Å². The molecule has 4 rings (SSSR count). The second-order valence-corrected chi connectivity index (χ2v) is 6.72. The predicted octanol–water partition coefficient (Wildman–Crippen LogP) is 3.01. The lowest BCUT2D eigenvalue weighted by atomic mass is 10.1. The molecular weight excluding hydrogens is 358 g/mol. The average Bonchev–Trinajstić information content (AvgIpc) is 3.03. The van der Waals surface area contributed by atoms with Gasteiger partial charge >= 0.3 is 0 Å². The van der Waals surface area contributed by atoms with Gasteiger partial charge in [-0.1, -0.05) is 18.2 Å². The number of rotatable bonds is 4. The molecule has 1 amide bonds. The molecule has 28 heavy (non-hydrogen) atoms. The number of nitrogens with one attached hydrogen (secondary N) is 1. The van der Waals surface area contributed by atoms with Crippen molar-refractivity contribution in [2.24, 2.45) is 5.10 Å². The minimum atomic E-state index is -0.480. The van der Waals surface area contributed by atoms with Crippen LogP contribution in [0.3, 0.4) is 0 Å². The van der Waals surface area contributed by atoms with Crippen LogP contribution in [0, 0.1) is 0 Å². The first-order valence-corrected chi connectivity index (χ1v) is 9.25. The molecule has 2 aromatic carbocycles. The third kappa shape index (κ3) is 3.69. The molecule has 2 heterocycles. The van der Waals surface area contributed by atoms with Gasteiger partial charge in [-0.15, -0.1) is 0 Å². The van der Waals surface area contributed by atoms with Crippen LogP contribution in [-0.4, -0.2) is 36.7 Å². The smallest absolute Gasteiger partial charge is 0.271 e. The number of ketones is 1. The van der Waals surface area contributed by atoms with Crippen molar-refractivity contribution in [3.8, 4) is 11.5 Å². The maximum atomic E-state index is 12.7. The summed E-state index contributed by atoms with van der Waals surface area (Å²) in [4.78, 5) is 24.8. The number of amides is 1. The molecule has 0 saturated carbocycles. The first-order valence-electron chi connectivity index (χ1n) is 9.25. The van der Waals surface area contributed by atoms with Crippen LogP contribution in [0.4, 0.5) is 11.4 Å². The number of hydrogen-bond acceptors (Lipinski definition) is 6. The normalized spacial score (nSPS) is 18.2. The summed E-state index contributed by atoms with van der Waals surface area (Å²) in [7, 11) is 0. The molecule has 0 spiro atoms. The van der Waals surface area contributed by atoms with Crippen molar-refractivity contribution in [3.05, 3.63) is 48.5 Å². The Morgan fingerprint density at radius 2 is 1.82 bits per heavy atom. The zero-order valence-electron chi connectivity index (χ0n) is 15.6. The highest BCUT2D eigenvalue weighted by atomic mass is 16.5. The van der Waals surface area contributed by atoms with Crippen molar-refractivity contribution in [2.75, 3.05) is 23.5 Å². The van der Waals surface area contributed by atoms with Crippen molar-refractivity contribution in [2.45, 2.75) is 25.8 Å². The second kappa shape index (κ2) is 7.72. The van der Waals surface area contributed by atoms with E-state index in [0.717, 1.165) is 12.1 Å². The highest BCUT2D eigenvalue weighted by Gasteiger charge is 2.34. The predicted molar refractivity (Wildman–Crippen MR) is 106 cm³/mol. The maximum Gasteiger partial charge on any atom is 0.271 e. The SMILES string of the molecule is CC(=O)C1CC(C(=O)Nc2ccc3c(c2)OCCCO3)=NN1c1ccccc1. The highest BCUT2D eigenvalue weighted by Crippen LogP contribution is 2.32. The minimum absolute atomic E-state index is 0.0361. The van der Waals surface area contributed by atoms with E-state index < -0.39 is 6.04 Å². The molecule has 2 aliphatic heterocycles. The Balaban J connectivity index is 1.53. The number of carbonyl (C=O) groups is 2. The van der Waals surface area contributed by atoms with Gasteiger partial charge in [0.25, 0.3) is 5.91 Å². The van der Waals surface area contributed by atoms with Gasteiger partial charge < -0.3 is 14.8 Å². The first-order chi connectivity index (χ1) is 13.6. The van der Waals surface area contributed by atoms with Gasteiger partial charge in [0.15, 0.2) is 17.3 Å². The van der Waals surface area contributed by atoms with Crippen molar-refractivity contribution >= 4 is 28.8 Å². The fraction of sp³-hybridized carbons (Fsp3) is 0.286. The molecule has 0 fully saturated rings. The number of hydrogen-bond donors (Lipinski definition) is 1. The van der Waals surface area contributed by atoms with E-state index in [1.165, 1.54) is 6.92 Å². The average molecular weight is 379 g/mol. The fourth-order valence-electron chi connectivity index (χ4n) is 3.23. The van der Waals surface area contributed by atoms with Gasteiger partial charge in [0.2, 0.25) is 0 Å². The summed E-state index contributed by atoms with van der Waals surface area (Å²) in [6, 6.07) is 14.2.